The van der Waals surface area contributed by atoms with Gasteiger partial charge in [0.2, 0.25) is 5.91 Å². The smallest absolute Gasteiger partial charge is 0.405 e. The molecule has 0 bridgehead atoms. The largest absolute Gasteiger partial charge is 0.465 e. The quantitative estimate of drug-likeness (QED) is 0.637. The number of nitrogens with zero attached hydrogens (tertiary/aromatic N) is 1. The molecule has 2 N–H and O–H groups in total. The van der Waals surface area contributed by atoms with Gasteiger partial charge in [0.05, 0.1) is 32.3 Å². The molecule has 0 aromatic heterocycles. The van der Waals surface area contributed by atoms with Crippen molar-refractivity contribution in [2.24, 2.45) is 5.92 Å². The molecule has 9 heteroatoms. The van der Waals surface area contributed by atoms with E-state index in [-0.39, 0.29) is 38.1 Å². The van der Waals surface area contributed by atoms with Gasteiger partial charge in [0, 0.05) is 20.0 Å². The Morgan fingerprint density at radius 1 is 1.23 bits per heavy atom. The number of carboxylic acid groups (broad SMARTS) is 1. The molecule has 1 aromatic rings. The highest BCUT2D eigenvalue weighted by Crippen LogP contribution is 2.23. The lowest BCUT2D eigenvalue weighted by atomic mass is 9.91. The molecule has 30 heavy (non-hydrogen) atoms. The Hall–Kier alpha value is -2.65. The normalized spacial score (nSPS) is 24.7. The minimum Gasteiger partial charge on any atom is -0.465 e. The fourth-order valence-electron chi connectivity index (χ4n) is 3.33. The van der Waals surface area contributed by atoms with E-state index >= 15 is 0 Å². The third-order valence-corrected chi connectivity index (χ3v) is 4.89. The molecule has 1 fully saturated rings. The first kappa shape index (κ1) is 23.6. The van der Waals surface area contributed by atoms with Gasteiger partial charge in [0.25, 0.3) is 0 Å². The number of carbonyl (C=O) groups excluding carboxylic acids is 2. The van der Waals surface area contributed by atoms with Crippen LogP contribution in [0, 0.1) is 5.92 Å². The van der Waals surface area contributed by atoms with E-state index in [0.717, 1.165) is 5.56 Å². The second-order valence-corrected chi connectivity index (χ2v) is 7.50. The molecule has 0 saturated carbocycles. The molecule has 1 heterocycles. The summed E-state index contributed by atoms with van der Waals surface area (Å²) in [4.78, 5) is 36.8. The fraction of sp³-hybridized carbons (Fsp3) is 0.571. The number of ether oxygens (including phenoxy) is 3. The van der Waals surface area contributed by atoms with Gasteiger partial charge in [-0.2, -0.15) is 0 Å². The van der Waals surface area contributed by atoms with E-state index in [9.17, 15) is 14.4 Å². The molecular weight excluding hydrogens is 392 g/mol. The molecule has 0 spiro atoms. The van der Waals surface area contributed by atoms with Crippen molar-refractivity contribution in [1.82, 2.24) is 10.2 Å². The molecule has 9 nitrogen and oxygen atoms in total. The highest BCUT2D eigenvalue weighted by atomic mass is 16.6. The van der Waals surface area contributed by atoms with Gasteiger partial charge in [-0.3, -0.25) is 4.79 Å². The van der Waals surface area contributed by atoms with Crippen LogP contribution in [0.2, 0.25) is 0 Å². The molecule has 4 atom stereocenters. The summed E-state index contributed by atoms with van der Waals surface area (Å²) < 4.78 is 17.2. The number of rotatable bonds is 7. The van der Waals surface area contributed by atoms with Gasteiger partial charge in [0.1, 0.15) is 6.10 Å². The highest BCUT2D eigenvalue weighted by molar-refractivity contribution is 5.81. The van der Waals surface area contributed by atoms with E-state index in [1.54, 1.807) is 21.0 Å². The van der Waals surface area contributed by atoms with Gasteiger partial charge in [-0.05, 0) is 18.9 Å². The van der Waals surface area contributed by atoms with Gasteiger partial charge in [0.15, 0.2) is 6.04 Å². The van der Waals surface area contributed by atoms with Crippen LogP contribution < -0.4 is 5.32 Å². The first-order valence-electron chi connectivity index (χ1n) is 9.91. The molecule has 1 aliphatic heterocycles. The fourth-order valence-corrected chi connectivity index (χ4v) is 3.33. The number of cyclic esters (lactones) is 1. The predicted molar refractivity (Wildman–Crippen MR) is 108 cm³/mol. The second kappa shape index (κ2) is 11.5. The van der Waals surface area contributed by atoms with Crippen LogP contribution in [0.3, 0.4) is 0 Å². The molecule has 1 saturated heterocycles. The number of hydrogen-bond acceptors (Lipinski definition) is 6. The molecule has 1 aromatic carbocycles. The first-order chi connectivity index (χ1) is 14.3. The lowest BCUT2D eigenvalue weighted by Crippen LogP contribution is -2.46. The van der Waals surface area contributed by atoms with Crippen molar-refractivity contribution in [3.63, 3.8) is 0 Å². The van der Waals surface area contributed by atoms with E-state index in [1.165, 1.54) is 4.90 Å². The lowest BCUT2D eigenvalue weighted by Gasteiger charge is -2.31. The SMILES string of the molecule is C[C@@H]1OC(=O)[C@@H](NC(=O)O)COC[C@H](Cc2ccccc2)[C@H]1OCCC(=O)N(C)C. The number of amides is 2. The number of carbonyl (C=O) groups is 3. The maximum absolute atomic E-state index is 12.4. The van der Waals surface area contributed by atoms with Gasteiger partial charge in [-0.1, -0.05) is 30.3 Å². The summed E-state index contributed by atoms with van der Waals surface area (Å²) in [5.41, 5.74) is 1.07. The number of hydrogen-bond donors (Lipinski definition) is 2. The van der Waals surface area contributed by atoms with E-state index in [2.05, 4.69) is 5.32 Å². The van der Waals surface area contributed by atoms with Crippen LogP contribution in [0.25, 0.3) is 0 Å². The minimum absolute atomic E-state index is 0.0655. The Labute approximate surface area is 176 Å². The van der Waals surface area contributed by atoms with Crippen LogP contribution in [0.5, 0.6) is 0 Å². The summed E-state index contributed by atoms with van der Waals surface area (Å²) in [5, 5.41) is 11.1. The van der Waals surface area contributed by atoms with Crippen molar-refractivity contribution >= 4 is 18.0 Å². The lowest BCUT2D eigenvalue weighted by molar-refractivity contribution is -0.161. The molecule has 0 unspecified atom stereocenters. The Kier molecular flexibility index (Phi) is 9.07. The Balaban J connectivity index is 2.16. The Bertz CT molecular complexity index is 711. The summed E-state index contributed by atoms with van der Waals surface area (Å²) in [5.74, 6) is -0.944. The minimum atomic E-state index is -1.33. The summed E-state index contributed by atoms with van der Waals surface area (Å²) in [6.07, 6.45) is -1.69. The predicted octanol–water partition coefficient (Wildman–Crippen LogP) is 1.31. The van der Waals surface area contributed by atoms with E-state index < -0.39 is 30.3 Å². The second-order valence-electron chi connectivity index (χ2n) is 7.50. The van der Waals surface area contributed by atoms with Crippen LogP contribution in [-0.2, 0) is 30.2 Å². The Morgan fingerprint density at radius 3 is 2.57 bits per heavy atom. The molecule has 0 aliphatic carbocycles. The molecule has 2 rings (SSSR count). The maximum atomic E-state index is 12.4. The zero-order valence-corrected chi connectivity index (χ0v) is 17.6. The third-order valence-electron chi connectivity index (χ3n) is 4.89. The molecule has 0 radical (unpaired) electrons. The molecular formula is C21H30N2O7. The van der Waals surface area contributed by atoms with Crippen molar-refractivity contribution in [1.29, 1.82) is 0 Å². The van der Waals surface area contributed by atoms with Gasteiger partial charge in [-0.15, -0.1) is 0 Å². The third kappa shape index (κ3) is 7.31. The summed E-state index contributed by atoms with van der Waals surface area (Å²) >= 11 is 0. The van der Waals surface area contributed by atoms with E-state index in [1.807, 2.05) is 30.3 Å². The topological polar surface area (TPSA) is 114 Å². The molecule has 166 valence electrons. The maximum Gasteiger partial charge on any atom is 0.405 e. The van der Waals surface area contributed by atoms with Gasteiger partial charge in [-0.25, -0.2) is 9.59 Å². The van der Waals surface area contributed by atoms with Crippen LogP contribution >= 0.6 is 0 Å². The van der Waals surface area contributed by atoms with Crippen molar-refractivity contribution in [3.05, 3.63) is 35.9 Å². The zero-order chi connectivity index (χ0) is 22.1. The van der Waals surface area contributed by atoms with E-state index in [4.69, 9.17) is 19.3 Å². The Morgan fingerprint density at radius 2 is 1.93 bits per heavy atom. The van der Waals surface area contributed by atoms with Crippen LogP contribution in [0.1, 0.15) is 18.9 Å². The van der Waals surface area contributed by atoms with Crippen LogP contribution in [0.15, 0.2) is 30.3 Å². The number of esters is 1. The summed E-state index contributed by atoms with van der Waals surface area (Å²) in [6.45, 7) is 2.00. The number of benzene rings is 1. The van der Waals surface area contributed by atoms with E-state index in [0.29, 0.717) is 6.42 Å². The average Bonchev–Trinajstić information content (AvgIpc) is 2.73. The molecule has 1 aliphatic rings. The summed E-state index contributed by atoms with van der Waals surface area (Å²) in [7, 11) is 3.35. The van der Waals surface area contributed by atoms with Crippen molar-refractivity contribution in [2.45, 2.75) is 38.0 Å². The van der Waals surface area contributed by atoms with Crippen LogP contribution in [0.4, 0.5) is 4.79 Å². The van der Waals surface area contributed by atoms with Crippen molar-refractivity contribution in [3.8, 4) is 0 Å². The average molecular weight is 422 g/mol. The standard InChI is InChI=1S/C21H30N2O7/c1-14-19(29-10-9-18(24)23(2)3)16(11-15-7-5-4-6-8-15)12-28-13-17(20(25)30-14)22-21(26)27/h4-8,14,16-17,19,22H,9-13H2,1-3H3,(H,26,27)/t14-,16-,17-,19-/m0/s1. The molecule has 2 amide bonds. The van der Waals surface area contributed by atoms with Crippen molar-refractivity contribution in [2.75, 3.05) is 33.9 Å². The van der Waals surface area contributed by atoms with Crippen molar-refractivity contribution < 1.29 is 33.7 Å². The summed E-state index contributed by atoms with van der Waals surface area (Å²) in [6, 6.07) is 8.67. The van der Waals surface area contributed by atoms with Gasteiger partial charge < -0.3 is 29.5 Å². The number of nitrogens with one attached hydrogen (secondary N) is 1. The monoisotopic (exact) mass is 422 g/mol. The highest BCUT2D eigenvalue weighted by Gasteiger charge is 2.35. The first-order valence-corrected chi connectivity index (χ1v) is 9.91. The van der Waals surface area contributed by atoms with Crippen LogP contribution in [-0.4, -0.2) is 80.1 Å². The van der Waals surface area contributed by atoms with Gasteiger partial charge >= 0.3 is 12.1 Å². The zero-order valence-electron chi connectivity index (χ0n) is 17.6.